The number of rotatable bonds is 4. The van der Waals surface area contributed by atoms with Gasteiger partial charge in [0, 0.05) is 29.5 Å². The van der Waals surface area contributed by atoms with Crippen molar-refractivity contribution in [3.63, 3.8) is 0 Å². The van der Waals surface area contributed by atoms with Gasteiger partial charge in [-0.2, -0.15) is 4.39 Å². The summed E-state index contributed by atoms with van der Waals surface area (Å²) in [4.78, 5) is 0.770. The Hall–Kier alpha value is -2.41. The van der Waals surface area contributed by atoms with Crippen molar-refractivity contribution < 1.29 is 14.2 Å². The lowest BCUT2D eigenvalue weighted by Crippen LogP contribution is -2.18. The fourth-order valence-electron chi connectivity index (χ4n) is 3.79. The number of fused-ring (bicyclic) bond motifs is 3. The normalized spacial score (nSPS) is 16.2. The van der Waals surface area contributed by atoms with Crippen LogP contribution in [0.25, 0.3) is 22.3 Å². The van der Waals surface area contributed by atoms with E-state index >= 15 is 0 Å². The molecule has 4 N–H and O–H groups in total. The van der Waals surface area contributed by atoms with Gasteiger partial charge >= 0.3 is 0 Å². The Morgan fingerprint density at radius 3 is 2.61 bits per heavy atom. The minimum atomic E-state index is -0.416. The second-order valence-electron chi connectivity index (χ2n) is 7.18. The number of aryl methyl sites for hydroxylation is 1. The van der Waals surface area contributed by atoms with Crippen LogP contribution in [0.15, 0.2) is 36.4 Å². The first-order chi connectivity index (χ1) is 13.4. The van der Waals surface area contributed by atoms with E-state index in [-0.39, 0.29) is 16.8 Å². The Morgan fingerprint density at radius 2 is 1.96 bits per heavy atom. The van der Waals surface area contributed by atoms with Crippen LogP contribution in [0, 0.1) is 12.1 Å². The predicted molar refractivity (Wildman–Crippen MR) is 112 cm³/mol. The fourth-order valence-corrected chi connectivity index (χ4v) is 4.71. The van der Waals surface area contributed by atoms with Gasteiger partial charge in [0.15, 0.2) is 11.4 Å². The summed E-state index contributed by atoms with van der Waals surface area (Å²) in [6, 6.07) is 11.3. The number of ether oxygens (including phenoxy) is 1. The number of thiophene rings is 1. The Bertz CT molecular complexity index is 1030. The van der Waals surface area contributed by atoms with Crippen LogP contribution in [0.1, 0.15) is 35.1 Å². The van der Waals surface area contributed by atoms with E-state index in [0.717, 1.165) is 49.7 Å². The first kappa shape index (κ1) is 18.9. The molecule has 2 heterocycles. The second-order valence-corrected chi connectivity index (χ2v) is 8.22. The summed E-state index contributed by atoms with van der Waals surface area (Å²) < 4.78 is 19.7. The number of halogens is 1. The van der Waals surface area contributed by atoms with Crippen LogP contribution >= 0.6 is 11.3 Å². The van der Waals surface area contributed by atoms with Crippen LogP contribution < -0.4 is 11.1 Å². The predicted octanol–water partition coefficient (Wildman–Crippen LogP) is 5.37. The molecule has 1 aromatic heterocycles. The molecule has 28 heavy (non-hydrogen) atoms. The van der Waals surface area contributed by atoms with E-state index in [0.29, 0.717) is 12.1 Å². The van der Waals surface area contributed by atoms with Crippen molar-refractivity contribution in [2.45, 2.75) is 26.0 Å². The van der Waals surface area contributed by atoms with Gasteiger partial charge in [-0.3, -0.25) is 0 Å². The minimum Gasteiger partial charge on any atom is -0.507 e. The molecular weight excluding hydrogens is 375 g/mol. The summed E-state index contributed by atoms with van der Waals surface area (Å²) in [5.41, 5.74) is 11.8. The zero-order valence-electron chi connectivity index (χ0n) is 16.0. The van der Waals surface area contributed by atoms with Crippen LogP contribution in [0.3, 0.4) is 0 Å². The van der Waals surface area contributed by atoms with Crippen molar-refractivity contribution in [3.8, 4) is 28.0 Å². The first-order valence-electron chi connectivity index (χ1n) is 9.20. The van der Waals surface area contributed by atoms with Gasteiger partial charge < -0.3 is 20.9 Å². The molecule has 0 spiro atoms. The third-order valence-corrected chi connectivity index (χ3v) is 6.34. The van der Waals surface area contributed by atoms with Crippen molar-refractivity contribution in [3.05, 3.63) is 57.5 Å². The molecule has 146 valence electrons. The zero-order chi connectivity index (χ0) is 20.0. The average molecular weight is 399 g/mol. The smallest absolute Gasteiger partial charge is 0.177 e. The summed E-state index contributed by atoms with van der Waals surface area (Å²) in [5.74, 6) is 0.433. The van der Waals surface area contributed by atoms with Gasteiger partial charge in [-0.15, -0.1) is 11.3 Å². The van der Waals surface area contributed by atoms with Gasteiger partial charge in [0.1, 0.15) is 5.75 Å². The number of hydrogen-bond donors (Lipinski definition) is 3. The molecule has 3 aromatic rings. The highest BCUT2D eigenvalue weighted by Gasteiger charge is 2.31. The summed E-state index contributed by atoms with van der Waals surface area (Å²) in [7, 11) is 1.60. The molecule has 0 amide bonds. The third kappa shape index (κ3) is 2.98. The number of nitrogens with one attached hydrogen (secondary N) is 1. The number of phenols is 1. The Labute approximate surface area is 167 Å². The molecule has 2 aromatic carbocycles. The zero-order valence-corrected chi connectivity index (χ0v) is 16.9. The summed E-state index contributed by atoms with van der Waals surface area (Å²) in [6.45, 7) is 4.57. The van der Waals surface area contributed by atoms with Gasteiger partial charge in [-0.1, -0.05) is 31.2 Å². The minimum absolute atomic E-state index is 0.172. The quantitative estimate of drug-likeness (QED) is 0.517. The molecule has 0 bridgehead atoms. The van der Waals surface area contributed by atoms with E-state index in [1.54, 1.807) is 13.2 Å². The van der Waals surface area contributed by atoms with E-state index in [1.165, 1.54) is 6.07 Å². The Kier molecular flexibility index (Phi) is 4.87. The van der Waals surface area contributed by atoms with Crippen LogP contribution in [0.4, 0.5) is 10.1 Å². The monoisotopic (exact) mass is 398 g/mol. The van der Waals surface area contributed by atoms with E-state index in [1.807, 2.05) is 31.2 Å². The largest absolute Gasteiger partial charge is 0.507 e. The summed E-state index contributed by atoms with van der Waals surface area (Å²) in [6.07, 6.45) is -0.416. The standard InChI is InChI=1S/C22H23FN2O2S/c1-11-8-16(26)18(14-6-4-13(5-7-14)12(2)10-24)19-15-9-17(23)28-21(15)22(27-3)25-20(11)19/h4-9,12,22,25-26H,10,24H2,1-3H3/t12-,22?/m0/s1. The number of aromatic hydroxyl groups is 1. The van der Waals surface area contributed by atoms with Gasteiger partial charge in [0.2, 0.25) is 0 Å². The van der Waals surface area contributed by atoms with Gasteiger partial charge in [0.25, 0.3) is 0 Å². The van der Waals surface area contributed by atoms with Crippen molar-refractivity contribution in [2.24, 2.45) is 5.73 Å². The van der Waals surface area contributed by atoms with Gasteiger partial charge in [0.05, 0.1) is 4.88 Å². The summed E-state index contributed by atoms with van der Waals surface area (Å²) in [5, 5.41) is 13.9. The van der Waals surface area contributed by atoms with Crippen molar-refractivity contribution >= 4 is 17.0 Å². The molecule has 4 rings (SSSR count). The Morgan fingerprint density at radius 1 is 1.25 bits per heavy atom. The lowest BCUT2D eigenvalue weighted by Gasteiger charge is -2.29. The first-order valence-corrected chi connectivity index (χ1v) is 10.0. The maximum atomic E-state index is 14.2. The fraction of sp³-hybridized carbons (Fsp3) is 0.273. The Balaban J connectivity index is 1.94. The van der Waals surface area contributed by atoms with Crippen molar-refractivity contribution in [1.29, 1.82) is 0 Å². The molecule has 0 radical (unpaired) electrons. The van der Waals surface area contributed by atoms with E-state index in [2.05, 4.69) is 12.2 Å². The number of methoxy groups -OCH3 is 1. The molecule has 4 nitrogen and oxygen atoms in total. The SMILES string of the molecule is COC1Nc2c(C)cc(O)c(-c3ccc([C@@H](C)CN)cc3)c2-c2cc(F)sc21. The molecule has 2 atom stereocenters. The molecule has 0 saturated heterocycles. The van der Waals surface area contributed by atoms with Crippen LogP contribution in [-0.2, 0) is 4.74 Å². The van der Waals surface area contributed by atoms with Gasteiger partial charge in [-0.05, 0) is 48.2 Å². The molecule has 0 saturated carbocycles. The lowest BCUT2D eigenvalue weighted by atomic mass is 9.87. The molecule has 0 fully saturated rings. The number of benzene rings is 2. The van der Waals surface area contributed by atoms with Crippen LogP contribution in [-0.4, -0.2) is 18.8 Å². The third-order valence-electron chi connectivity index (χ3n) is 5.37. The number of hydrogen-bond acceptors (Lipinski definition) is 5. The molecule has 1 aliphatic rings. The summed E-state index contributed by atoms with van der Waals surface area (Å²) >= 11 is 1.06. The average Bonchev–Trinajstić information content (AvgIpc) is 3.09. The second kappa shape index (κ2) is 7.20. The van der Waals surface area contributed by atoms with E-state index < -0.39 is 6.23 Å². The maximum Gasteiger partial charge on any atom is 0.177 e. The number of phenolic OH excluding ortho intramolecular Hbond substituents is 1. The topological polar surface area (TPSA) is 67.5 Å². The van der Waals surface area contributed by atoms with E-state index in [9.17, 15) is 9.50 Å². The molecular formula is C22H23FN2O2S. The van der Waals surface area contributed by atoms with E-state index in [4.69, 9.17) is 10.5 Å². The highest BCUT2D eigenvalue weighted by atomic mass is 32.1. The number of anilines is 1. The lowest BCUT2D eigenvalue weighted by molar-refractivity contribution is 0.129. The number of nitrogens with two attached hydrogens (primary N) is 1. The molecule has 1 aliphatic heterocycles. The molecule has 1 unspecified atom stereocenters. The molecule has 0 aliphatic carbocycles. The van der Waals surface area contributed by atoms with Crippen molar-refractivity contribution in [1.82, 2.24) is 0 Å². The van der Waals surface area contributed by atoms with Crippen molar-refractivity contribution in [2.75, 3.05) is 19.0 Å². The molecule has 6 heteroatoms. The van der Waals surface area contributed by atoms with Crippen LogP contribution in [0.5, 0.6) is 5.75 Å². The highest BCUT2D eigenvalue weighted by Crippen LogP contribution is 2.52. The highest BCUT2D eigenvalue weighted by molar-refractivity contribution is 7.11. The maximum absolute atomic E-state index is 14.2. The van der Waals surface area contributed by atoms with Gasteiger partial charge in [-0.25, -0.2) is 0 Å². The van der Waals surface area contributed by atoms with Crippen LogP contribution in [0.2, 0.25) is 0 Å².